The summed E-state index contributed by atoms with van der Waals surface area (Å²) in [7, 11) is 0. The summed E-state index contributed by atoms with van der Waals surface area (Å²) in [5.41, 5.74) is 9.00. The first kappa shape index (κ1) is 21.8. The van der Waals surface area contributed by atoms with E-state index in [-0.39, 0.29) is 5.91 Å². The second-order valence-electron chi connectivity index (χ2n) is 7.69. The molecule has 3 aromatic rings. The molecule has 0 radical (unpaired) electrons. The summed E-state index contributed by atoms with van der Waals surface area (Å²) in [6, 6.07) is 30.9. The fraction of sp³-hybridized carbons (Fsp3) is 0.296. The van der Waals surface area contributed by atoms with Gasteiger partial charge in [0.2, 0.25) is 5.91 Å². The van der Waals surface area contributed by atoms with Crippen molar-refractivity contribution in [1.29, 1.82) is 0 Å². The highest BCUT2D eigenvalue weighted by molar-refractivity contribution is 5.75. The molecular weight excluding hydrogens is 368 g/mol. The van der Waals surface area contributed by atoms with Crippen molar-refractivity contribution in [2.75, 3.05) is 0 Å². The van der Waals surface area contributed by atoms with Crippen molar-refractivity contribution in [3.05, 3.63) is 108 Å². The first-order valence-corrected chi connectivity index (χ1v) is 11.0. The Morgan fingerprint density at radius 2 is 1.10 bits per heavy atom. The number of benzene rings is 3. The standard InChI is InChI=1S/C27H32N2O/c1-2-3-4-5-15-22-26(30)28-29-27(23-16-9-6-10-17-23,24-18-11-7-12-19-24)25-20-13-8-14-21-25/h6-14,16-21,29H,2-5,15,22H2,1H3,(H,28,30). The summed E-state index contributed by atoms with van der Waals surface area (Å²) in [6.45, 7) is 2.20. The second-order valence-corrected chi connectivity index (χ2v) is 7.69. The highest BCUT2D eigenvalue weighted by Gasteiger charge is 2.36. The Hall–Kier alpha value is -2.91. The van der Waals surface area contributed by atoms with Crippen LogP contribution in [0.15, 0.2) is 91.0 Å². The lowest BCUT2D eigenvalue weighted by molar-refractivity contribution is -0.122. The number of carbonyl (C=O) groups excluding carboxylic acids is 1. The number of hydrazine groups is 1. The van der Waals surface area contributed by atoms with Crippen molar-refractivity contribution >= 4 is 5.91 Å². The highest BCUT2D eigenvalue weighted by Crippen LogP contribution is 2.36. The predicted octanol–water partition coefficient (Wildman–Crippen LogP) is 5.96. The van der Waals surface area contributed by atoms with Crippen LogP contribution in [0, 0.1) is 0 Å². The molecule has 3 aromatic carbocycles. The molecule has 0 aliphatic heterocycles. The lowest BCUT2D eigenvalue weighted by atomic mass is 9.77. The van der Waals surface area contributed by atoms with Crippen LogP contribution in [0.4, 0.5) is 0 Å². The molecule has 0 atom stereocenters. The second kappa shape index (κ2) is 11.3. The maximum absolute atomic E-state index is 12.6. The van der Waals surface area contributed by atoms with Crippen LogP contribution in [-0.4, -0.2) is 5.91 Å². The van der Waals surface area contributed by atoms with Gasteiger partial charge in [-0.1, -0.05) is 124 Å². The molecule has 1 amide bonds. The fourth-order valence-corrected chi connectivity index (χ4v) is 3.90. The van der Waals surface area contributed by atoms with E-state index in [1.165, 1.54) is 19.3 Å². The minimum absolute atomic E-state index is 0.0265. The number of nitrogens with one attached hydrogen (secondary N) is 2. The Labute approximate surface area is 180 Å². The molecule has 0 saturated carbocycles. The van der Waals surface area contributed by atoms with Gasteiger partial charge in [-0.25, -0.2) is 5.43 Å². The SMILES string of the molecule is CCCCCCCC(=O)NNC(c1ccccc1)(c1ccccc1)c1ccccc1. The largest absolute Gasteiger partial charge is 0.290 e. The normalized spacial score (nSPS) is 11.2. The summed E-state index contributed by atoms with van der Waals surface area (Å²) in [5.74, 6) is 0.0265. The average Bonchev–Trinajstić information content (AvgIpc) is 2.81. The van der Waals surface area contributed by atoms with Gasteiger partial charge in [-0.2, -0.15) is 0 Å². The summed E-state index contributed by atoms with van der Waals surface area (Å²) >= 11 is 0. The minimum Gasteiger partial charge on any atom is -0.290 e. The molecular formula is C27H32N2O. The van der Waals surface area contributed by atoms with Gasteiger partial charge in [-0.3, -0.25) is 10.2 Å². The number of hydrogen-bond acceptors (Lipinski definition) is 2. The molecule has 2 N–H and O–H groups in total. The van der Waals surface area contributed by atoms with E-state index in [2.05, 4.69) is 54.2 Å². The van der Waals surface area contributed by atoms with E-state index < -0.39 is 5.54 Å². The van der Waals surface area contributed by atoms with Gasteiger partial charge in [0.15, 0.2) is 0 Å². The van der Waals surface area contributed by atoms with E-state index in [1.807, 2.05) is 54.6 Å². The average molecular weight is 401 g/mol. The maximum Gasteiger partial charge on any atom is 0.234 e. The van der Waals surface area contributed by atoms with Gasteiger partial charge in [-0.05, 0) is 23.1 Å². The summed E-state index contributed by atoms with van der Waals surface area (Å²) < 4.78 is 0. The molecule has 0 unspecified atom stereocenters. The molecule has 0 fully saturated rings. The van der Waals surface area contributed by atoms with Crippen LogP contribution in [0.5, 0.6) is 0 Å². The van der Waals surface area contributed by atoms with Crippen molar-refractivity contribution in [3.63, 3.8) is 0 Å². The van der Waals surface area contributed by atoms with E-state index in [9.17, 15) is 4.79 Å². The highest BCUT2D eigenvalue weighted by atomic mass is 16.2. The molecule has 0 heterocycles. The number of carbonyl (C=O) groups is 1. The third kappa shape index (κ3) is 5.37. The van der Waals surface area contributed by atoms with E-state index in [0.717, 1.165) is 29.5 Å². The van der Waals surface area contributed by atoms with Crippen molar-refractivity contribution < 1.29 is 4.79 Å². The third-order valence-electron chi connectivity index (χ3n) is 5.52. The summed E-state index contributed by atoms with van der Waals surface area (Å²) in [4.78, 5) is 12.6. The zero-order valence-corrected chi connectivity index (χ0v) is 17.8. The third-order valence-corrected chi connectivity index (χ3v) is 5.52. The molecule has 3 nitrogen and oxygen atoms in total. The smallest absolute Gasteiger partial charge is 0.234 e. The lowest BCUT2D eigenvalue weighted by Gasteiger charge is -2.37. The van der Waals surface area contributed by atoms with Crippen LogP contribution in [0.2, 0.25) is 0 Å². The topological polar surface area (TPSA) is 41.1 Å². The maximum atomic E-state index is 12.6. The van der Waals surface area contributed by atoms with E-state index in [1.54, 1.807) is 0 Å². The molecule has 0 spiro atoms. The van der Waals surface area contributed by atoms with Gasteiger partial charge in [0.25, 0.3) is 0 Å². The van der Waals surface area contributed by atoms with E-state index in [0.29, 0.717) is 6.42 Å². The Morgan fingerprint density at radius 1 is 0.667 bits per heavy atom. The molecule has 3 rings (SSSR count). The van der Waals surface area contributed by atoms with Gasteiger partial charge < -0.3 is 0 Å². The van der Waals surface area contributed by atoms with Gasteiger partial charge in [0, 0.05) is 6.42 Å². The summed E-state index contributed by atoms with van der Waals surface area (Å²) in [5, 5.41) is 0. The van der Waals surface area contributed by atoms with Crippen LogP contribution in [0.25, 0.3) is 0 Å². The Kier molecular flexibility index (Phi) is 8.22. The van der Waals surface area contributed by atoms with E-state index in [4.69, 9.17) is 0 Å². The first-order chi connectivity index (χ1) is 14.8. The van der Waals surface area contributed by atoms with Crippen LogP contribution in [0.3, 0.4) is 0 Å². The molecule has 156 valence electrons. The van der Waals surface area contributed by atoms with Gasteiger partial charge in [-0.15, -0.1) is 0 Å². The van der Waals surface area contributed by atoms with Gasteiger partial charge in [0.05, 0.1) is 0 Å². The van der Waals surface area contributed by atoms with Crippen molar-refractivity contribution in [2.45, 2.75) is 51.0 Å². The first-order valence-electron chi connectivity index (χ1n) is 11.0. The minimum atomic E-state index is -0.679. The van der Waals surface area contributed by atoms with Crippen molar-refractivity contribution in [3.8, 4) is 0 Å². The number of unbranched alkanes of at least 4 members (excludes halogenated alkanes) is 4. The Balaban J connectivity index is 1.89. The van der Waals surface area contributed by atoms with Crippen LogP contribution in [0.1, 0.15) is 62.1 Å². The molecule has 0 aromatic heterocycles. The monoisotopic (exact) mass is 400 g/mol. The van der Waals surface area contributed by atoms with Crippen molar-refractivity contribution in [2.24, 2.45) is 0 Å². The molecule has 3 heteroatoms. The van der Waals surface area contributed by atoms with Gasteiger partial charge >= 0.3 is 0 Å². The molecule has 0 aliphatic carbocycles. The molecule has 0 saturated heterocycles. The lowest BCUT2D eigenvalue weighted by Crippen LogP contribution is -2.53. The summed E-state index contributed by atoms with van der Waals surface area (Å²) in [6.07, 6.45) is 6.19. The number of hydrogen-bond donors (Lipinski definition) is 2. The molecule has 30 heavy (non-hydrogen) atoms. The van der Waals surface area contributed by atoms with Gasteiger partial charge in [0.1, 0.15) is 5.54 Å². The number of rotatable bonds is 11. The number of amides is 1. The van der Waals surface area contributed by atoms with Crippen molar-refractivity contribution in [1.82, 2.24) is 10.9 Å². The molecule has 0 aliphatic rings. The van der Waals surface area contributed by atoms with E-state index >= 15 is 0 Å². The zero-order valence-electron chi connectivity index (χ0n) is 17.8. The van der Waals surface area contributed by atoms with Crippen LogP contribution in [-0.2, 0) is 10.3 Å². The predicted molar refractivity (Wildman–Crippen MR) is 124 cm³/mol. The fourth-order valence-electron chi connectivity index (χ4n) is 3.90. The Morgan fingerprint density at radius 3 is 1.53 bits per heavy atom. The zero-order chi connectivity index (χ0) is 21.1. The Bertz CT molecular complexity index is 782. The van der Waals surface area contributed by atoms with Crippen LogP contribution >= 0.6 is 0 Å². The quantitative estimate of drug-likeness (QED) is 0.237. The molecule has 0 bridgehead atoms. The van der Waals surface area contributed by atoms with Crippen LogP contribution < -0.4 is 10.9 Å².